The Morgan fingerprint density at radius 3 is 1.70 bits per heavy atom. The van der Waals surface area contributed by atoms with Crippen molar-refractivity contribution < 1.29 is 0 Å². The molecule has 0 saturated heterocycles. The van der Waals surface area contributed by atoms with Gasteiger partial charge < -0.3 is 5.32 Å². The smallest absolute Gasteiger partial charge is 0.0660 e. The van der Waals surface area contributed by atoms with Crippen LogP contribution in [0.4, 0.5) is 0 Å². The summed E-state index contributed by atoms with van der Waals surface area (Å²) in [6.07, 6.45) is 5.49. The Hall–Kier alpha value is -2.04. The molecule has 2 atom stereocenters. The molecular formula is C19H21N. The summed E-state index contributed by atoms with van der Waals surface area (Å²) in [5.74, 6) is 3.04. The summed E-state index contributed by atoms with van der Waals surface area (Å²) in [6.45, 7) is 4.21. The highest BCUT2D eigenvalue weighted by Gasteiger charge is 2.21. The molecule has 20 heavy (non-hydrogen) atoms. The van der Waals surface area contributed by atoms with Crippen molar-refractivity contribution in [2.45, 2.75) is 31.8 Å². The molecule has 0 aliphatic rings. The molecule has 0 radical (unpaired) electrons. The molecule has 2 aromatic rings. The Morgan fingerprint density at radius 2 is 1.30 bits per heavy atom. The Morgan fingerprint density at radius 1 is 0.850 bits per heavy atom. The predicted molar refractivity (Wildman–Crippen MR) is 85.6 cm³/mol. The molecule has 0 bridgehead atoms. The number of benzene rings is 2. The van der Waals surface area contributed by atoms with E-state index in [1.54, 1.807) is 0 Å². The average molecular weight is 263 g/mol. The van der Waals surface area contributed by atoms with Gasteiger partial charge in [-0.25, -0.2) is 0 Å². The third kappa shape index (κ3) is 3.50. The van der Waals surface area contributed by atoms with Crippen LogP contribution in [0.25, 0.3) is 0 Å². The summed E-state index contributed by atoms with van der Waals surface area (Å²) in [5, 5.41) is 3.49. The van der Waals surface area contributed by atoms with E-state index in [0.717, 1.165) is 0 Å². The molecule has 0 heterocycles. The van der Waals surface area contributed by atoms with Crippen molar-refractivity contribution >= 4 is 0 Å². The molecule has 2 unspecified atom stereocenters. The van der Waals surface area contributed by atoms with Crippen LogP contribution in [0.5, 0.6) is 0 Å². The molecule has 1 heteroatoms. The standard InChI is InChI=1S/C19H21N/c1-4-15(2)20-16(3)19(17-11-7-5-8-12-17)18-13-9-6-10-14-18/h1,5-16,19-20H,2-3H3. The van der Waals surface area contributed by atoms with Crippen LogP contribution >= 0.6 is 0 Å². The summed E-state index contributed by atoms with van der Waals surface area (Å²) in [4.78, 5) is 0. The summed E-state index contributed by atoms with van der Waals surface area (Å²) >= 11 is 0. The fourth-order valence-corrected chi connectivity index (χ4v) is 2.63. The van der Waals surface area contributed by atoms with Crippen molar-refractivity contribution in [1.29, 1.82) is 0 Å². The van der Waals surface area contributed by atoms with Crippen LogP contribution < -0.4 is 5.32 Å². The zero-order chi connectivity index (χ0) is 14.4. The summed E-state index contributed by atoms with van der Waals surface area (Å²) in [6, 6.07) is 21.5. The van der Waals surface area contributed by atoms with Crippen molar-refractivity contribution in [2.75, 3.05) is 0 Å². The highest BCUT2D eigenvalue weighted by molar-refractivity contribution is 5.34. The van der Waals surface area contributed by atoms with Gasteiger partial charge in [0.15, 0.2) is 0 Å². The highest BCUT2D eigenvalue weighted by Crippen LogP contribution is 2.28. The lowest BCUT2D eigenvalue weighted by atomic mass is 9.85. The van der Waals surface area contributed by atoms with Crippen molar-refractivity contribution in [3.63, 3.8) is 0 Å². The van der Waals surface area contributed by atoms with E-state index in [1.807, 2.05) is 19.1 Å². The minimum absolute atomic E-state index is 0.0694. The van der Waals surface area contributed by atoms with Gasteiger partial charge in [0.05, 0.1) is 6.04 Å². The van der Waals surface area contributed by atoms with Crippen LogP contribution in [-0.4, -0.2) is 12.1 Å². The number of terminal acetylenes is 1. The van der Waals surface area contributed by atoms with Crippen molar-refractivity contribution in [2.24, 2.45) is 0 Å². The van der Waals surface area contributed by atoms with E-state index < -0.39 is 0 Å². The number of rotatable bonds is 5. The SMILES string of the molecule is C#CC(C)NC(C)C(c1ccccc1)c1ccccc1. The first kappa shape index (κ1) is 14.4. The number of hydrogen-bond acceptors (Lipinski definition) is 1. The molecule has 0 aliphatic carbocycles. The van der Waals surface area contributed by atoms with Crippen LogP contribution in [0, 0.1) is 12.3 Å². The van der Waals surface area contributed by atoms with Gasteiger partial charge >= 0.3 is 0 Å². The minimum Gasteiger partial charge on any atom is -0.300 e. The second-order valence-corrected chi connectivity index (χ2v) is 5.14. The zero-order valence-electron chi connectivity index (χ0n) is 12.1. The van der Waals surface area contributed by atoms with Gasteiger partial charge in [0.2, 0.25) is 0 Å². The highest BCUT2D eigenvalue weighted by atomic mass is 14.9. The molecule has 0 fully saturated rings. The quantitative estimate of drug-likeness (QED) is 0.809. The van der Waals surface area contributed by atoms with Crippen LogP contribution in [0.15, 0.2) is 60.7 Å². The Balaban J connectivity index is 2.33. The van der Waals surface area contributed by atoms with E-state index in [9.17, 15) is 0 Å². The monoisotopic (exact) mass is 263 g/mol. The molecule has 2 aromatic carbocycles. The van der Waals surface area contributed by atoms with Gasteiger partial charge in [0.25, 0.3) is 0 Å². The largest absolute Gasteiger partial charge is 0.300 e. The molecular weight excluding hydrogens is 242 g/mol. The molecule has 1 N–H and O–H groups in total. The average Bonchev–Trinajstić information content (AvgIpc) is 2.49. The molecule has 0 aromatic heterocycles. The molecule has 0 saturated carbocycles. The van der Waals surface area contributed by atoms with Crippen molar-refractivity contribution in [3.8, 4) is 12.3 Å². The molecule has 102 valence electrons. The second-order valence-electron chi connectivity index (χ2n) is 5.14. The lowest BCUT2D eigenvalue weighted by molar-refractivity contribution is 0.480. The molecule has 1 nitrogen and oxygen atoms in total. The van der Waals surface area contributed by atoms with Gasteiger partial charge in [0.1, 0.15) is 0 Å². The van der Waals surface area contributed by atoms with E-state index in [2.05, 4.69) is 66.7 Å². The van der Waals surface area contributed by atoms with E-state index in [4.69, 9.17) is 6.42 Å². The fraction of sp³-hybridized carbons (Fsp3) is 0.263. The van der Waals surface area contributed by atoms with Gasteiger partial charge in [-0.05, 0) is 25.0 Å². The maximum atomic E-state index is 5.49. The van der Waals surface area contributed by atoms with Gasteiger partial charge in [-0.3, -0.25) is 0 Å². The van der Waals surface area contributed by atoms with Crippen molar-refractivity contribution in [1.82, 2.24) is 5.32 Å². The normalized spacial score (nSPS) is 13.7. The summed E-state index contributed by atoms with van der Waals surface area (Å²) in [5.41, 5.74) is 2.62. The van der Waals surface area contributed by atoms with Gasteiger partial charge in [-0.15, -0.1) is 6.42 Å². The van der Waals surface area contributed by atoms with Gasteiger partial charge in [-0.1, -0.05) is 66.6 Å². The predicted octanol–water partition coefficient (Wildman–Crippen LogP) is 3.82. The minimum atomic E-state index is 0.0694. The Labute approximate surface area is 122 Å². The second kappa shape index (κ2) is 6.93. The lowest BCUT2D eigenvalue weighted by Gasteiger charge is -2.27. The van der Waals surface area contributed by atoms with Crippen molar-refractivity contribution in [3.05, 3.63) is 71.8 Å². The number of nitrogens with one attached hydrogen (secondary N) is 1. The lowest BCUT2D eigenvalue weighted by Crippen LogP contribution is -2.38. The first-order chi connectivity index (χ1) is 9.72. The first-order valence-electron chi connectivity index (χ1n) is 7.04. The maximum Gasteiger partial charge on any atom is 0.0660 e. The Bertz CT molecular complexity index is 514. The van der Waals surface area contributed by atoms with Crippen LogP contribution in [-0.2, 0) is 0 Å². The zero-order valence-corrected chi connectivity index (χ0v) is 12.1. The number of hydrogen-bond donors (Lipinski definition) is 1. The first-order valence-corrected chi connectivity index (χ1v) is 7.04. The third-order valence-corrected chi connectivity index (χ3v) is 3.58. The molecule has 0 amide bonds. The van der Waals surface area contributed by atoms with Crippen LogP contribution in [0.1, 0.15) is 30.9 Å². The molecule has 0 aliphatic heterocycles. The maximum absolute atomic E-state index is 5.49. The topological polar surface area (TPSA) is 12.0 Å². The molecule has 2 rings (SSSR count). The van der Waals surface area contributed by atoms with Gasteiger partial charge in [-0.2, -0.15) is 0 Å². The summed E-state index contributed by atoms with van der Waals surface area (Å²) < 4.78 is 0. The third-order valence-electron chi connectivity index (χ3n) is 3.58. The van der Waals surface area contributed by atoms with Gasteiger partial charge in [0, 0.05) is 12.0 Å². The van der Waals surface area contributed by atoms with Crippen LogP contribution in [0.3, 0.4) is 0 Å². The van der Waals surface area contributed by atoms with Crippen LogP contribution in [0.2, 0.25) is 0 Å². The van der Waals surface area contributed by atoms with E-state index in [-0.39, 0.29) is 12.1 Å². The van der Waals surface area contributed by atoms with E-state index >= 15 is 0 Å². The fourth-order valence-electron chi connectivity index (χ4n) is 2.63. The van der Waals surface area contributed by atoms with E-state index in [0.29, 0.717) is 5.92 Å². The van der Waals surface area contributed by atoms with E-state index in [1.165, 1.54) is 11.1 Å². The Kier molecular flexibility index (Phi) is 4.98. The summed E-state index contributed by atoms with van der Waals surface area (Å²) in [7, 11) is 0. The molecule has 0 spiro atoms.